The highest BCUT2D eigenvalue weighted by atomic mass is 16.8. The smallest absolute Gasteiger partial charge is 0.364 e. The fourth-order valence-electron chi connectivity index (χ4n) is 10.5. The maximum Gasteiger partial charge on any atom is 0.364 e. The van der Waals surface area contributed by atoms with Crippen molar-refractivity contribution in [3.8, 4) is 0 Å². The number of aliphatic hydroxyl groups is 11. The Labute approximate surface area is 479 Å². The molecule has 18 atom stereocenters. The van der Waals surface area contributed by atoms with E-state index < -0.39 is 155 Å². The number of aliphatic carboxylic acids is 1. The van der Waals surface area contributed by atoms with Crippen LogP contribution in [0.3, 0.4) is 0 Å². The van der Waals surface area contributed by atoms with Crippen molar-refractivity contribution in [2.24, 2.45) is 0 Å². The van der Waals surface area contributed by atoms with Gasteiger partial charge in [0.1, 0.15) is 67.1 Å². The molecular formula is C58H104N2O21. The predicted octanol–water partition coefficient (Wildman–Crippen LogP) is 2.55. The van der Waals surface area contributed by atoms with Crippen molar-refractivity contribution in [1.29, 1.82) is 0 Å². The van der Waals surface area contributed by atoms with Gasteiger partial charge < -0.3 is 100 Å². The van der Waals surface area contributed by atoms with Gasteiger partial charge in [0.2, 0.25) is 11.8 Å². The number of hydrogen-bond donors (Lipinski definition) is 14. The lowest BCUT2D eigenvalue weighted by molar-refractivity contribution is -0.386. The Balaban J connectivity index is 1.68. The van der Waals surface area contributed by atoms with E-state index in [1.165, 1.54) is 83.5 Å². The molecule has 23 nitrogen and oxygen atoms in total. The number of nitrogens with one attached hydrogen (secondary N) is 2. The molecule has 3 heterocycles. The summed E-state index contributed by atoms with van der Waals surface area (Å²) < 4.78 is 34.6. The molecule has 3 saturated heterocycles. The molecule has 3 aliphatic heterocycles. The first kappa shape index (κ1) is 72.5. The summed E-state index contributed by atoms with van der Waals surface area (Å²) in [6.07, 6.45) is 5.34. The number of carbonyl (C=O) groups is 3. The minimum atomic E-state index is -3.08. The van der Waals surface area contributed by atoms with Gasteiger partial charge in [0.15, 0.2) is 12.6 Å². The summed E-state index contributed by atoms with van der Waals surface area (Å²) in [7, 11) is 0. The minimum Gasteiger partial charge on any atom is -0.477 e. The lowest BCUT2D eigenvalue weighted by atomic mass is 9.88. The van der Waals surface area contributed by atoms with Crippen molar-refractivity contribution in [1.82, 2.24) is 10.6 Å². The summed E-state index contributed by atoms with van der Waals surface area (Å²) in [5.74, 6) is -6.16. The van der Waals surface area contributed by atoms with Crippen LogP contribution in [0.15, 0.2) is 24.3 Å². The topological polar surface area (TPSA) is 373 Å². The molecule has 0 saturated carbocycles. The molecule has 14 N–H and O–H groups in total. The van der Waals surface area contributed by atoms with Crippen molar-refractivity contribution in [3.05, 3.63) is 24.3 Å². The van der Waals surface area contributed by atoms with Crippen molar-refractivity contribution < 1.29 is 104 Å². The second kappa shape index (κ2) is 40.5. The molecule has 3 aliphatic rings. The zero-order valence-corrected chi connectivity index (χ0v) is 48.4. The highest BCUT2D eigenvalue weighted by molar-refractivity contribution is 5.77. The molecular weight excluding hydrogens is 1060 g/mol. The van der Waals surface area contributed by atoms with Crippen LogP contribution in [0, 0.1) is 0 Å². The SMILES string of the molecule is CCCCCCC/C=C\CCCCCCCC(=O)N[C@@H](CO[C@@H]1O[C@H](CO)[C@@H](O[C@@H]2O[C@H](CO)[C@H](O)[C@H](O[C@]3(C(=O)O)C[C@H](O)[C@@H](NC(C)=O)[C@@H]([C@H](O)[C@H](O)CO)O3)[C@H]2O)[C@H](O)[C@H]1O)[C@H](O)/C=C\CCCCCCCCCCCCC. The molecule has 0 aromatic carbocycles. The van der Waals surface area contributed by atoms with E-state index >= 15 is 0 Å². The van der Waals surface area contributed by atoms with Gasteiger partial charge in [-0.3, -0.25) is 9.59 Å². The first-order chi connectivity index (χ1) is 38.9. The fraction of sp³-hybridized carbons (Fsp3) is 0.879. The van der Waals surface area contributed by atoms with Crippen molar-refractivity contribution in [2.75, 3.05) is 26.4 Å². The van der Waals surface area contributed by atoms with E-state index in [4.69, 9.17) is 28.4 Å². The Morgan fingerprint density at radius 2 is 1.16 bits per heavy atom. The standard InChI is InChI=1S/C58H104N2O21/c1-4-6-8-10-12-14-16-18-20-22-24-26-28-30-32-45(68)60-39(40(65)31-29-27-25-23-21-19-17-15-13-11-9-7-5-2)37-76-55-50(72)49(71)52(44(36-63)78-55)79-56-51(73)54(48(70)43(35-62)77-56)81-58(57(74)75)33-41(66)46(59-38(3)64)53(80-58)47(69)42(67)34-61/h16,18,29,31,39-44,46-56,61-63,65-67,69-73H,4-15,17,19-28,30,32-37H2,1-3H3,(H,59,64)(H,60,68)(H,74,75)/b18-16-,31-29-/t39-,40+,41-,42+,43+,44+,46+,47+,48-,49+,50+,51+,52+,53-,54-,55+,56-,58-/m0/s1. The number of hydrogen-bond acceptors (Lipinski definition) is 20. The number of amides is 2. The largest absolute Gasteiger partial charge is 0.477 e. The zero-order valence-electron chi connectivity index (χ0n) is 48.4. The van der Waals surface area contributed by atoms with Gasteiger partial charge in [0.25, 0.3) is 5.79 Å². The maximum absolute atomic E-state index is 13.3. The van der Waals surface area contributed by atoms with E-state index in [2.05, 4.69) is 36.6 Å². The van der Waals surface area contributed by atoms with Gasteiger partial charge >= 0.3 is 5.97 Å². The van der Waals surface area contributed by atoms with Crippen molar-refractivity contribution in [3.63, 3.8) is 0 Å². The number of unbranched alkanes of at least 4 members (excludes halogenated alkanes) is 21. The Morgan fingerprint density at radius 3 is 1.68 bits per heavy atom. The fourth-order valence-corrected chi connectivity index (χ4v) is 10.5. The summed E-state index contributed by atoms with van der Waals surface area (Å²) in [5.41, 5.74) is 0. The van der Waals surface area contributed by atoms with Gasteiger partial charge in [-0.15, -0.1) is 0 Å². The van der Waals surface area contributed by atoms with Crippen molar-refractivity contribution >= 4 is 17.8 Å². The van der Waals surface area contributed by atoms with E-state index in [9.17, 15) is 75.7 Å². The highest BCUT2D eigenvalue weighted by Gasteiger charge is 2.60. The van der Waals surface area contributed by atoms with E-state index in [1.807, 2.05) is 6.08 Å². The molecule has 3 fully saturated rings. The van der Waals surface area contributed by atoms with Crippen LogP contribution in [-0.2, 0) is 42.8 Å². The number of ether oxygens (including phenoxy) is 6. The van der Waals surface area contributed by atoms with Crippen LogP contribution in [0.25, 0.3) is 0 Å². The second-order valence-corrected chi connectivity index (χ2v) is 22.2. The average molecular weight is 1170 g/mol. The number of carboxylic acids is 1. The third kappa shape index (κ3) is 25.0. The molecule has 0 unspecified atom stereocenters. The first-order valence-electron chi connectivity index (χ1n) is 30.2. The normalized spacial score (nSPS) is 30.6. The van der Waals surface area contributed by atoms with Crippen LogP contribution in [-0.4, -0.2) is 215 Å². The maximum atomic E-state index is 13.3. The Kier molecular flexibility index (Phi) is 36.2. The molecule has 23 heteroatoms. The molecule has 0 bridgehead atoms. The molecule has 81 heavy (non-hydrogen) atoms. The molecule has 0 aliphatic carbocycles. The van der Waals surface area contributed by atoms with E-state index in [1.54, 1.807) is 6.08 Å². The lowest BCUT2D eigenvalue weighted by Gasteiger charge is -2.50. The summed E-state index contributed by atoms with van der Waals surface area (Å²) in [4.78, 5) is 38.3. The third-order valence-corrected chi connectivity index (χ3v) is 15.4. The Morgan fingerprint density at radius 1 is 0.642 bits per heavy atom. The molecule has 2 amide bonds. The predicted molar refractivity (Wildman–Crippen MR) is 297 cm³/mol. The average Bonchev–Trinajstić information content (AvgIpc) is 3.44. The number of carbonyl (C=O) groups excluding carboxylic acids is 2. The Bertz CT molecular complexity index is 1770. The summed E-state index contributed by atoms with van der Waals surface area (Å²) in [6, 6.07) is -2.62. The van der Waals surface area contributed by atoms with Crippen molar-refractivity contribution in [2.45, 2.75) is 298 Å². The summed E-state index contributed by atoms with van der Waals surface area (Å²) in [6.45, 7) is 2.06. The van der Waals surface area contributed by atoms with Crippen LogP contribution in [0.4, 0.5) is 0 Å². The molecule has 472 valence electrons. The number of allylic oxidation sites excluding steroid dienone is 3. The number of carboxylic acid groups (broad SMARTS) is 1. The molecule has 3 rings (SSSR count). The van der Waals surface area contributed by atoms with Gasteiger partial charge in [0.05, 0.1) is 50.7 Å². The minimum absolute atomic E-state index is 0.190. The second-order valence-electron chi connectivity index (χ2n) is 22.2. The van der Waals surface area contributed by atoms with Crippen LogP contribution in [0.5, 0.6) is 0 Å². The first-order valence-corrected chi connectivity index (χ1v) is 30.2. The van der Waals surface area contributed by atoms with Gasteiger partial charge in [-0.2, -0.15) is 0 Å². The quantitative estimate of drug-likeness (QED) is 0.0308. The third-order valence-electron chi connectivity index (χ3n) is 15.4. The van der Waals surface area contributed by atoms with E-state index in [0.29, 0.717) is 12.8 Å². The van der Waals surface area contributed by atoms with Crippen LogP contribution in [0.1, 0.15) is 188 Å². The van der Waals surface area contributed by atoms with Gasteiger partial charge in [-0.1, -0.05) is 147 Å². The molecule has 0 radical (unpaired) electrons. The van der Waals surface area contributed by atoms with E-state index in [0.717, 1.165) is 64.7 Å². The van der Waals surface area contributed by atoms with Crippen LogP contribution in [0.2, 0.25) is 0 Å². The van der Waals surface area contributed by atoms with Gasteiger partial charge in [0, 0.05) is 19.8 Å². The molecule has 0 aromatic heterocycles. The zero-order chi connectivity index (χ0) is 59.7. The summed E-state index contributed by atoms with van der Waals surface area (Å²) >= 11 is 0. The number of aliphatic hydroxyl groups excluding tert-OH is 11. The number of rotatable bonds is 43. The van der Waals surface area contributed by atoms with Crippen LogP contribution >= 0.6 is 0 Å². The monoisotopic (exact) mass is 1160 g/mol. The Hall–Kier alpha value is -2.79. The lowest BCUT2D eigenvalue weighted by Crippen LogP contribution is -2.70. The summed E-state index contributed by atoms with van der Waals surface area (Å²) in [5, 5.41) is 135. The van der Waals surface area contributed by atoms with E-state index in [-0.39, 0.29) is 12.3 Å². The molecule has 0 aromatic rings. The van der Waals surface area contributed by atoms with Gasteiger partial charge in [-0.25, -0.2) is 4.79 Å². The van der Waals surface area contributed by atoms with Crippen LogP contribution < -0.4 is 10.6 Å². The van der Waals surface area contributed by atoms with Gasteiger partial charge in [-0.05, 0) is 44.9 Å². The molecule has 0 spiro atoms. The highest BCUT2D eigenvalue weighted by Crippen LogP contribution is 2.38.